The van der Waals surface area contributed by atoms with E-state index in [4.69, 9.17) is 10.7 Å². The molecule has 38 heavy (non-hydrogen) atoms. The van der Waals surface area contributed by atoms with Crippen molar-refractivity contribution in [1.29, 1.82) is 5.26 Å². The van der Waals surface area contributed by atoms with Crippen LogP contribution < -0.4 is 5.73 Å². The molecule has 0 aliphatic carbocycles. The maximum absolute atomic E-state index is 14.0. The summed E-state index contributed by atoms with van der Waals surface area (Å²) in [7, 11) is 0. The van der Waals surface area contributed by atoms with E-state index in [2.05, 4.69) is 37.6 Å². The van der Waals surface area contributed by atoms with Gasteiger partial charge in [0.2, 0.25) is 0 Å². The number of nitrogens with two attached hydrogens (primary N) is 1. The first-order valence-corrected chi connectivity index (χ1v) is 13.0. The third-order valence-corrected chi connectivity index (χ3v) is 6.55. The number of carbonyl (C=O) groups is 1. The second-order valence-corrected chi connectivity index (χ2v) is 10.6. The summed E-state index contributed by atoms with van der Waals surface area (Å²) in [5.41, 5.74) is 9.70. The van der Waals surface area contributed by atoms with E-state index in [1.165, 1.54) is 0 Å². The van der Waals surface area contributed by atoms with Crippen LogP contribution >= 0.6 is 0 Å². The van der Waals surface area contributed by atoms with Crippen LogP contribution in [-0.2, 0) is 6.54 Å². The zero-order valence-electron chi connectivity index (χ0n) is 22.3. The SMILES string of the molecule is CC(C)(C)[C@H](c1nc(-c2ccccc2)cn1Cc1cccc(C#N)c1)N(CCCN)C(=O)c1ccccc1. The number of aromatic nitrogens is 2. The zero-order chi connectivity index (χ0) is 27.1. The molecule has 0 unspecified atom stereocenters. The summed E-state index contributed by atoms with van der Waals surface area (Å²) < 4.78 is 2.13. The Morgan fingerprint density at radius 3 is 2.34 bits per heavy atom. The summed E-state index contributed by atoms with van der Waals surface area (Å²) in [6.07, 6.45) is 2.73. The molecule has 0 radical (unpaired) electrons. The number of amides is 1. The van der Waals surface area contributed by atoms with Crippen LogP contribution in [0.1, 0.15) is 60.5 Å². The lowest BCUT2D eigenvalue weighted by Gasteiger charge is -2.40. The number of hydrogen-bond acceptors (Lipinski definition) is 4. The van der Waals surface area contributed by atoms with Crippen molar-refractivity contribution in [3.8, 4) is 17.3 Å². The highest BCUT2D eigenvalue weighted by molar-refractivity contribution is 5.94. The highest BCUT2D eigenvalue weighted by Crippen LogP contribution is 2.40. The summed E-state index contributed by atoms with van der Waals surface area (Å²) >= 11 is 0. The van der Waals surface area contributed by atoms with Crippen LogP contribution in [0.2, 0.25) is 0 Å². The second kappa shape index (κ2) is 11.9. The van der Waals surface area contributed by atoms with Gasteiger partial charge >= 0.3 is 0 Å². The maximum Gasteiger partial charge on any atom is 0.254 e. The third kappa shape index (κ3) is 6.19. The van der Waals surface area contributed by atoms with E-state index < -0.39 is 0 Å². The standard InChI is InChI=1S/C32H35N5O/c1-32(2,3)29(37(19-11-18-33)31(38)27-16-8-5-9-17-27)30-35-28(26-14-6-4-7-15-26)23-36(30)22-25-13-10-12-24(20-25)21-34/h4-10,12-17,20,23,29H,11,18-19,22,33H2,1-3H3/t29-/m0/s1. The van der Waals surface area contributed by atoms with Crippen molar-refractivity contribution in [3.63, 3.8) is 0 Å². The van der Waals surface area contributed by atoms with Gasteiger partial charge < -0.3 is 15.2 Å². The molecule has 0 saturated carbocycles. The molecule has 4 aromatic rings. The molecule has 0 spiro atoms. The number of nitrogens with zero attached hydrogens (tertiary/aromatic N) is 4. The molecule has 0 aliphatic rings. The Morgan fingerprint density at radius 2 is 1.71 bits per heavy atom. The second-order valence-electron chi connectivity index (χ2n) is 10.6. The minimum absolute atomic E-state index is 0.0405. The molecule has 1 heterocycles. The Kier molecular flexibility index (Phi) is 8.40. The molecule has 6 heteroatoms. The molecular formula is C32H35N5O. The number of imidazole rings is 1. The van der Waals surface area contributed by atoms with Crippen molar-refractivity contribution in [3.05, 3.63) is 114 Å². The van der Waals surface area contributed by atoms with Gasteiger partial charge in [-0.25, -0.2) is 4.98 Å². The van der Waals surface area contributed by atoms with Gasteiger partial charge in [0, 0.05) is 30.4 Å². The average Bonchev–Trinajstić information content (AvgIpc) is 3.33. The van der Waals surface area contributed by atoms with Gasteiger partial charge in [-0.1, -0.05) is 81.4 Å². The molecule has 3 aromatic carbocycles. The van der Waals surface area contributed by atoms with E-state index in [1.54, 1.807) is 6.07 Å². The molecule has 0 aliphatic heterocycles. The first-order chi connectivity index (χ1) is 18.3. The van der Waals surface area contributed by atoms with E-state index in [9.17, 15) is 10.1 Å². The number of benzene rings is 3. The van der Waals surface area contributed by atoms with E-state index in [-0.39, 0.29) is 17.4 Å². The first kappa shape index (κ1) is 26.8. The lowest BCUT2D eigenvalue weighted by molar-refractivity contribution is 0.0482. The lowest BCUT2D eigenvalue weighted by atomic mass is 9.84. The number of rotatable bonds is 9. The summed E-state index contributed by atoms with van der Waals surface area (Å²) in [6, 6.07) is 29.0. The van der Waals surface area contributed by atoms with Crippen molar-refractivity contribution in [2.45, 2.75) is 39.8 Å². The van der Waals surface area contributed by atoms with Gasteiger partial charge in [0.25, 0.3) is 5.91 Å². The van der Waals surface area contributed by atoms with Crippen molar-refractivity contribution >= 4 is 5.91 Å². The van der Waals surface area contributed by atoms with E-state index in [1.807, 2.05) is 83.8 Å². The predicted octanol–water partition coefficient (Wildman–Crippen LogP) is 6.05. The fourth-order valence-corrected chi connectivity index (χ4v) is 4.81. The smallest absolute Gasteiger partial charge is 0.254 e. The van der Waals surface area contributed by atoms with Crippen LogP contribution in [-0.4, -0.2) is 33.4 Å². The Labute approximate surface area is 225 Å². The molecule has 6 nitrogen and oxygen atoms in total. The molecule has 0 bridgehead atoms. The van der Waals surface area contributed by atoms with Crippen LogP contribution in [0.25, 0.3) is 11.3 Å². The minimum atomic E-state index is -0.329. The Morgan fingerprint density at radius 1 is 1.03 bits per heavy atom. The predicted molar refractivity (Wildman–Crippen MR) is 151 cm³/mol. The lowest BCUT2D eigenvalue weighted by Crippen LogP contribution is -2.43. The highest BCUT2D eigenvalue weighted by Gasteiger charge is 2.38. The quantitative estimate of drug-likeness (QED) is 0.300. The molecular weight excluding hydrogens is 470 g/mol. The van der Waals surface area contributed by atoms with E-state index in [0.717, 1.165) is 22.6 Å². The maximum atomic E-state index is 14.0. The van der Waals surface area contributed by atoms with E-state index in [0.29, 0.717) is 37.2 Å². The normalized spacial score (nSPS) is 12.1. The van der Waals surface area contributed by atoms with Gasteiger partial charge in [-0.15, -0.1) is 0 Å². The molecule has 2 N–H and O–H groups in total. The topological polar surface area (TPSA) is 87.9 Å². The summed E-state index contributed by atoms with van der Waals surface area (Å²) in [6.45, 7) is 7.96. The van der Waals surface area contributed by atoms with Gasteiger partial charge in [0.05, 0.1) is 23.4 Å². The summed E-state index contributed by atoms with van der Waals surface area (Å²) in [5.74, 6) is 0.765. The van der Waals surface area contributed by atoms with Crippen LogP contribution in [0, 0.1) is 16.7 Å². The van der Waals surface area contributed by atoms with Crippen LogP contribution in [0.15, 0.2) is 91.1 Å². The fraction of sp³-hybridized carbons (Fsp3) is 0.281. The monoisotopic (exact) mass is 505 g/mol. The van der Waals surface area contributed by atoms with Crippen LogP contribution in [0.5, 0.6) is 0 Å². The Bertz CT molecular complexity index is 1400. The Balaban J connectivity index is 1.87. The molecule has 0 fully saturated rings. The van der Waals surface area contributed by atoms with Crippen molar-refractivity contribution < 1.29 is 4.79 Å². The van der Waals surface area contributed by atoms with Crippen LogP contribution in [0.4, 0.5) is 0 Å². The molecule has 1 amide bonds. The molecule has 4 rings (SSSR count). The molecule has 194 valence electrons. The van der Waals surface area contributed by atoms with E-state index >= 15 is 0 Å². The van der Waals surface area contributed by atoms with Gasteiger partial charge in [-0.05, 0) is 48.2 Å². The number of nitriles is 1. The summed E-state index contributed by atoms with van der Waals surface area (Å²) in [5, 5.41) is 9.43. The molecule has 0 saturated heterocycles. The first-order valence-electron chi connectivity index (χ1n) is 13.0. The van der Waals surface area contributed by atoms with Gasteiger partial charge in [-0.3, -0.25) is 4.79 Å². The Hall–Kier alpha value is -4.21. The highest BCUT2D eigenvalue weighted by atomic mass is 16.2. The minimum Gasteiger partial charge on any atom is -0.330 e. The van der Waals surface area contributed by atoms with Crippen molar-refractivity contribution in [2.24, 2.45) is 11.1 Å². The third-order valence-electron chi connectivity index (χ3n) is 6.55. The average molecular weight is 506 g/mol. The summed E-state index contributed by atoms with van der Waals surface area (Å²) in [4.78, 5) is 21.1. The van der Waals surface area contributed by atoms with Gasteiger partial charge in [0.15, 0.2) is 0 Å². The zero-order valence-corrected chi connectivity index (χ0v) is 22.3. The van der Waals surface area contributed by atoms with Crippen LogP contribution in [0.3, 0.4) is 0 Å². The molecule has 1 atom stereocenters. The number of carbonyl (C=O) groups excluding carboxylic acids is 1. The molecule has 1 aromatic heterocycles. The van der Waals surface area contributed by atoms with Gasteiger partial charge in [0.1, 0.15) is 5.82 Å². The largest absolute Gasteiger partial charge is 0.330 e. The number of hydrogen-bond donors (Lipinski definition) is 1. The van der Waals surface area contributed by atoms with Crippen molar-refractivity contribution in [1.82, 2.24) is 14.5 Å². The fourth-order valence-electron chi connectivity index (χ4n) is 4.81. The van der Waals surface area contributed by atoms with Gasteiger partial charge in [-0.2, -0.15) is 5.26 Å². The van der Waals surface area contributed by atoms with Crippen molar-refractivity contribution in [2.75, 3.05) is 13.1 Å².